The van der Waals surface area contributed by atoms with Crippen molar-refractivity contribution in [2.24, 2.45) is 0 Å². The molecule has 0 fully saturated rings. The van der Waals surface area contributed by atoms with E-state index in [1.165, 1.54) is 27.4 Å². The van der Waals surface area contributed by atoms with Crippen molar-refractivity contribution in [2.75, 3.05) is 4.90 Å². The van der Waals surface area contributed by atoms with Crippen LogP contribution in [0.5, 0.6) is 23.0 Å². The number of hydrogen-bond donors (Lipinski definition) is 0. The van der Waals surface area contributed by atoms with E-state index < -0.39 is 0 Å². The molecule has 14 rings (SSSR count). The molecule has 1 aromatic heterocycles. The van der Waals surface area contributed by atoms with Crippen molar-refractivity contribution in [3.05, 3.63) is 255 Å². The molecule has 2 aliphatic rings. The lowest BCUT2D eigenvalue weighted by Gasteiger charge is -2.27. The summed E-state index contributed by atoms with van der Waals surface area (Å²) < 4.78 is 15.5. The SMILES string of the molecule is c1ccc(-n2c3ccccc3c3cc(-c4ccc(N(c5ccc(-c6ccc7c(c6)-c6ccccc6Oc6ccccc6-7)cc5)c5ccc6c(c5)-c5ccccc5Oc5ccccc5-6)cc4)ccc32)cc1. The Bertz CT molecular complexity index is 4000. The predicted octanol–water partition coefficient (Wildman–Crippen LogP) is 18.5. The number of benzene rings is 11. The smallest absolute Gasteiger partial charge is 0.135 e. The Hall–Kier alpha value is -9.38. The maximum Gasteiger partial charge on any atom is 0.135 e. The Labute approximate surface area is 406 Å². The summed E-state index contributed by atoms with van der Waals surface area (Å²) in [4.78, 5) is 2.37. The van der Waals surface area contributed by atoms with Gasteiger partial charge in [0.1, 0.15) is 23.0 Å². The van der Waals surface area contributed by atoms with Crippen molar-refractivity contribution in [3.8, 4) is 95.4 Å². The van der Waals surface area contributed by atoms with Crippen LogP contribution in [-0.4, -0.2) is 4.57 Å². The molecule has 0 radical (unpaired) electrons. The van der Waals surface area contributed by atoms with E-state index in [2.05, 4.69) is 240 Å². The van der Waals surface area contributed by atoms with Gasteiger partial charge in [0.05, 0.1) is 11.0 Å². The number of rotatable bonds is 6. The Morgan fingerprint density at radius 2 is 0.671 bits per heavy atom. The molecule has 2 aliphatic heterocycles. The molecule has 3 heterocycles. The summed E-state index contributed by atoms with van der Waals surface area (Å²) >= 11 is 0. The van der Waals surface area contributed by atoms with E-state index in [1.54, 1.807) is 0 Å². The molecule has 12 aromatic rings. The van der Waals surface area contributed by atoms with E-state index in [0.717, 1.165) is 107 Å². The highest BCUT2D eigenvalue weighted by atomic mass is 16.5. The molecule has 70 heavy (non-hydrogen) atoms. The summed E-state index contributed by atoms with van der Waals surface area (Å²) in [6.45, 7) is 0. The second kappa shape index (κ2) is 16.2. The minimum atomic E-state index is 0.841. The summed E-state index contributed by atoms with van der Waals surface area (Å²) in [6.07, 6.45) is 0. The van der Waals surface area contributed by atoms with E-state index >= 15 is 0 Å². The van der Waals surface area contributed by atoms with Crippen LogP contribution >= 0.6 is 0 Å². The van der Waals surface area contributed by atoms with Crippen LogP contribution in [0.25, 0.3) is 94.3 Å². The highest BCUT2D eigenvalue weighted by molar-refractivity contribution is 6.10. The van der Waals surface area contributed by atoms with Crippen LogP contribution in [0, 0.1) is 0 Å². The maximum absolute atomic E-state index is 6.60. The Morgan fingerprint density at radius 3 is 1.26 bits per heavy atom. The molecule has 0 unspecified atom stereocenters. The average molecular weight is 895 g/mol. The standard InChI is InChI=1S/C66H42N2O2/c1-2-14-47(15-3-1)68-61-21-9-4-16-53(61)60-41-46(31-39-62(60)68)44-28-34-49(35-29-44)67(50-36-38-52-55-18-6-11-23-64(55)70-66-25-13-8-20-57(66)59(52)42-50)48-32-26-43(27-33-48)45-30-37-51-54-17-5-10-22-63(54)69-65-24-12-7-19-56(65)58(51)40-45/h1-42H. The number of ether oxygens (including phenoxy) is 2. The normalized spacial score (nSPS) is 11.9. The van der Waals surface area contributed by atoms with Gasteiger partial charge in [-0.25, -0.2) is 0 Å². The molecule has 4 nitrogen and oxygen atoms in total. The van der Waals surface area contributed by atoms with E-state index in [-0.39, 0.29) is 0 Å². The first-order valence-electron chi connectivity index (χ1n) is 23.8. The van der Waals surface area contributed by atoms with Gasteiger partial charge < -0.3 is 18.9 Å². The van der Waals surface area contributed by atoms with Gasteiger partial charge in [0.2, 0.25) is 0 Å². The Balaban J connectivity index is 0.886. The first-order chi connectivity index (χ1) is 34.7. The topological polar surface area (TPSA) is 26.6 Å². The summed E-state index contributed by atoms with van der Waals surface area (Å²) in [5, 5.41) is 2.47. The van der Waals surface area contributed by atoms with Gasteiger partial charge in [0.25, 0.3) is 0 Å². The van der Waals surface area contributed by atoms with Gasteiger partial charge in [-0.05, 0) is 142 Å². The molecule has 0 saturated carbocycles. The van der Waals surface area contributed by atoms with Gasteiger partial charge >= 0.3 is 0 Å². The van der Waals surface area contributed by atoms with Crippen molar-refractivity contribution in [1.29, 1.82) is 0 Å². The fraction of sp³-hybridized carbons (Fsp3) is 0. The second-order valence-corrected chi connectivity index (χ2v) is 18.0. The second-order valence-electron chi connectivity index (χ2n) is 18.0. The van der Waals surface area contributed by atoms with Crippen LogP contribution in [0.1, 0.15) is 0 Å². The van der Waals surface area contributed by atoms with Crippen molar-refractivity contribution in [1.82, 2.24) is 4.57 Å². The fourth-order valence-electron chi connectivity index (χ4n) is 10.7. The van der Waals surface area contributed by atoms with Gasteiger partial charge in [-0.3, -0.25) is 0 Å². The third-order valence-corrected chi connectivity index (χ3v) is 14.0. The summed E-state index contributed by atoms with van der Waals surface area (Å²) in [6, 6.07) is 91.1. The Kier molecular flexibility index (Phi) is 9.17. The van der Waals surface area contributed by atoms with Crippen LogP contribution in [0.3, 0.4) is 0 Å². The largest absolute Gasteiger partial charge is 0.456 e. The van der Waals surface area contributed by atoms with E-state index in [4.69, 9.17) is 9.47 Å². The van der Waals surface area contributed by atoms with Gasteiger partial charge in [-0.1, -0.05) is 158 Å². The zero-order chi connectivity index (χ0) is 46.1. The van der Waals surface area contributed by atoms with Crippen molar-refractivity contribution < 1.29 is 9.47 Å². The molecule has 11 aromatic carbocycles. The minimum absolute atomic E-state index is 0.841. The van der Waals surface area contributed by atoms with Gasteiger partial charge in [0.15, 0.2) is 0 Å². The number of hydrogen-bond acceptors (Lipinski definition) is 3. The van der Waals surface area contributed by atoms with E-state index in [0.29, 0.717) is 0 Å². The number of aromatic nitrogens is 1. The van der Waals surface area contributed by atoms with Crippen molar-refractivity contribution >= 4 is 38.9 Å². The average Bonchev–Trinajstić information content (AvgIpc) is 3.58. The summed E-state index contributed by atoms with van der Waals surface area (Å²) in [5.41, 5.74) is 20.2. The molecule has 0 amide bonds. The molecule has 0 aliphatic carbocycles. The number of para-hydroxylation sites is 6. The highest BCUT2D eigenvalue weighted by Gasteiger charge is 2.24. The zero-order valence-electron chi connectivity index (χ0n) is 38.0. The molecular formula is C66H42N2O2. The molecule has 0 N–H and O–H groups in total. The lowest BCUT2D eigenvalue weighted by atomic mass is 9.91. The highest BCUT2D eigenvalue weighted by Crippen LogP contribution is 2.50. The van der Waals surface area contributed by atoms with Crippen molar-refractivity contribution in [3.63, 3.8) is 0 Å². The van der Waals surface area contributed by atoms with Crippen LogP contribution < -0.4 is 14.4 Å². The molecule has 0 saturated heterocycles. The molecule has 0 spiro atoms. The summed E-state index contributed by atoms with van der Waals surface area (Å²) in [7, 11) is 0. The van der Waals surface area contributed by atoms with E-state index in [9.17, 15) is 0 Å². The third-order valence-electron chi connectivity index (χ3n) is 14.0. The fourth-order valence-corrected chi connectivity index (χ4v) is 10.7. The van der Waals surface area contributed by atoms with Crippen LogP contribution in [0.2, 0.25) is 0 Å². The number of fused-ring (bicyclic) bond motifs is 13. The van der Waals surface area contributed by atoms with Crippen LogP contribution in [0.15, 0.2) is 255 Å². The Morgan fingerprint density at radius 1 is 0.257 bits per heavy atom. The van der Waals surface area contributed by atoms with Crippen molar-refractivity contribution in [2.45, 2.75) is 0 Å². The lowest BCUT2D eigenvalue weighted by Crippen LogP contribution is -2.10. The number of anilines is 3. The molecule has 4 heteroatoms. The summed E-state index contributed by atoms with van der Waals surface area (Å²) in [5.74, 6) is 3.42. The lowest BCUT2D eigenvalue weighted by molar-refractivity contribution is 0.487. The van der Waals surface area contributed by atoms with Gasteiger partial charge in [-0.15, -0.1) is 0 Å². The maximum atomic E-state index is 6.60. The first kappa shape index (κ1) is 39.8. The first-order valence-corrected chi connectivity index (χ1v) is 23.8. The quantitative estimate of drug-likeness (QED) is 0.166. The molecule has 328 valence electrons. The van der Waals surface area contributed by atoms with E-state index in [1.807, 2.05) is 24.3 Å². The molecule has 0 atom stereocenters. The van der Waals surface area contributed by atoms with Gasteiger partial charge in [0, 0.05) is 55.8 Å². The molecular weight excluding hydrogens is 853 g/mol. The minimum Gasteiger partial charge on any atom is -0.456 e. The van der Waals surface area contributed by atoms with Gasteiger partial charge in [-0.2, -0.15) is 0 Å². The monoisotopic (exact) mass is 894 g/mol. The third kappa shape index (κ3) is 6.53. The molecule has 0 bridgehead atoms. The zero-order valence-corrected chi connectivity index (χ0v) is 38.0. The van der Waals surface area contributed by atoms with Crippen LogP contribution in [0.4, 0.5) is 17.1 Å². The van der Waals surface area contributed by atoms with Crippen LogP contribution in [-0.2, 0) is 0 Å². The number of nitrogens with zero attached hydrogens (tertiary/aromatic N) is 2. The predicted molar refractivity (Wildman–Crippen MR) is 288 cm³/mol.